The Labute approximate surface area is 122 Å². The van der Waals surface area contributed by atoms with Crippen LogP contribution in [0, 0.1) is 5.82 Å². The Morgan fingerprint density at radius 1 is 1.40 bits per heavy atom. The number of carbonyl (C=O) groups is 1. The van der Waals surface area contributed by atoms with Gasteiger partial charge in [0.05, 0.1) is 17.8 Å². The van der Waals surface area contributed by atoms with Crippen molar-refractivity contribution in [2.24, 2.45) is 0 Å². The van der Waals surface area contributed by atoms with E-state index < -0.39 is 0 Å². The van der Waals surface area contributed by atoms with Gasteiger partial charge in [0.15, 0.2) is 6.29 Å². The molecular weight excluding hydrogens is 279 g/mol. The third kappa shape index (κ3) is 2.90. The fraction of sp³-hybridized carbons (Fsp3) is 0.333. The van der Waals surface area contributed by atoms with Gasteiger partial charge in [-0.3, -0.25) is 4.79 Å². The van der Waals surface area contributed by atoms with E-state index >= 15 is 0 Å². The number of carbonyl (C=O) groups excluding carboxylic acids is 1. The van der Waals surface area contributed by atoms with Crippen LogP contribution >= 0.6 is 11.6 Å². The Balaban J connectivity index is 2.43. The number of nitrogens with zero attached hydrogens (tertiary/aromatic N) is 2. The fourth-order valence-electron chi connectivity index (χ4n) is 2.03. The molecule has 0 bridgehead atoms. The number of aldehydes is 1. The largest absolute Gasteiger partial charge is 0.298 e. The van der Waals surface area contributed by atoms with Crippen molar-refractivity contribution in [3.63, 3.8) is 0 Å². The lowest BCUT2D eigenvalue weighted by atomic mass is 9.90. The highest BCUT2D eigenvalue weighted by Crippen LogP contribution is 2.29. The van der Waals surface area contributed by atoms with Gasteiger partial charge in [-0.15, -0.1) is 0 Å². The van der Waals surface area contributed by atoms with E-state index in [2.05, 4.69) is 5.10 Å². The van der Waals surface area contributed by atoms with Crippen molar-refractivity contribution in [1.82, 2.24) is 9.78 Å². The highest BCUT2D eigenvalue weighted by Gasteiger charge is 2.25. The number of aromatic nitrogens is 2. The molecule has 0 saturated heterocycles. The van der Waals surface area contributed by atoms with E-state index in [0.29, 0.717) is 17.8 Å². The Hall–Kier alpha value is -1.68. The normalized spacial score (nSPS) is 11.7. The third-order valence-corrected chi connectivity index (χ3v) is 3.37. The lowest BCUT2D eigenvalue weighted by Gasteiger charge is -2.15. The van der Waals surface area contributed by atoms with Gasteiger partial charge in [-0.25, -0.2) is 9.07 Å². The summed E-state index contributed by atoms with van der Waals surface area (Å²) >= 11 is 6.20. The smallest absolute Gasteiger partial charge is 0.155 e. The molecule has 1 heterocycles. The van der Waals surface area contributed by atoms with Gasteiger partial charge in [0.25, 0.3) is 0 Å². The van der Waals surface area contributed by atoms with E-state index in [1.54, 1.807) is 12.1 Å². The molecule has 0 aliphatic carbocycles. The molecule has 2 rings (SSSR count). The highest BCUT2D eigenvalue weighted by atomic mass is 35.5. The summed E-state index contributed by atoms with van der Waals surface area (Å²) in [6.07, 6.45) is 0.720. The highest BCUT2D eigenvalue weighted by molar-refractivity contribution is 6.32. The van der Waals surface area contributed by atoms with Crippen LogP contribution in [0.25, 0.3) is 0 Å². The van der Waals surface area contributed by atoms with Crippen molar-refractivity contribution in [3.8, 4) is 0 Å². The first-order chi connectivity index (χ1) is 9.32. The summed E-state index contributed by atoms with van der Waals surface area (Å²) in [7, 11) is 0. The first kappa shape index (κ1) is 14.7. The van der Waals surface area contributed by atoms with Gasteiger partial charge in [0.2, 0.25) is 0 Å². The third-order valence-electron chi connectivity index (χ3n) is 2.97. The molecule has 0 radical (unpaired) electrons. The van der Waals surface area contributed by atoms with Crippen LogP contribution < -0.4 is 0 Å². The first-order valence-electron chi connectivity index (χ1n) is 6.29. The van der Waals surface area contributed by atoms with E-state index in [0.717, 1.165) is 11.8 Å². The molecule has 0 spiro atoms. The minimum atomic E-state index is -0.308. The summed E-state index contributed by atoms with van der Waals surface area (Å²) in [6, 6.07) is 6.23. The minimum Gasteiger partial charge on any atom is -0.298 e. The van der Waals surface area contributed by atoms with Crippen molar-refractivity contribution in [2.45, 2.75) is 32.7 Å². The molecule has 0 N–H and O–H groups in total. The zero-order valence-corrected chi connectivity index (χ0v) is 12.4. The molecule has 3 nitrogen and oxygen atoms in total. The van der Waals surface area contributed by atoms with Crippen molar-refractivity contribution in [1.29, 1.82) is 0 Å². The fourth-order valence-corrected chi connectivity index (χ4v) is 2.26. The molecule has 1 aromatic carbocycles. The van der Waals surface area contributed by atoms with Crippen LogP contribution in [0.2, 0.25) is 5.15 Å². The van der Waals surface area contributed by atoms with E-state index in [4.69, 9.17) is 11.6 Å². The summed E-state index contributed by atoms with van der Waals surface area (Å²) < 4.78 is 14.7. The molecule has 106 valence electrons. The van der Waals surface area contributed by atoms with Gasteiger partial charge in [-0.2, -0.15) is 5.10 Å². The quantitative estimate of drug-likeness (QED) is 0.806. The number of benzene rings is 1. The van der Waals surface area contributed by atoms with E-state index in [1.807, 2.05) is 20.8 Å². The average molecular weight is 295 g/mol. The number of hydrogen-bond acceptors (Lipinski definition) is 2. The van der Waals surface area contributed by atoms with Crippen molar-refractivity contribution < 1.29 is 9.18 Å². The van der Waals surface area contributed by atoms with E-state index in [9.17, 15) is 9.18 Å². The van der Waals surface area contributed by atoms with Crippen molar-refractivity contribution in [3.05, 3.63) is 52.1 Å². The predicted octanol–water partition coefficient (Wildman–Crippen LogP) is 3.83. The first-order valence-corrected chi connectivity index (χ1v) is 6.67. The van der Waals surface area contributed by atoms with Crippen molar-refractivity contribution in [2.75, 3.05) is 0 Å². The molecule has 1 aromatic heterocycles. The summed E-state index contributed by atoms with van der Waals surface area (Å²) in [4.78, 5) is 11.2. The van der Waals surface area contributed by atoms with E-state index in [-0.39, 0.29) is 16.4 Å². The van der Waals surface area contributed by atoms with Crippen LogP contribution in [0.3, 0.4) is 0 Å². The van der Waals surface area contributed by atoms with E-state index in [1.165, 1.54) is 16.8 Å². The van der Waals surface area contributed by atoms with Crippen molar-refractivity contribution >= 4 is 17.9 Å². The molecule has 0 amide bonds. The molecule has 0 unspecified atom stereocenters. The molecule has 0 aliphatic rings. The van der Waals surface area contributed by atoms with Crippen LogP contribution in [0.4, 0.5) is 4.39 Å². The topological polar surface area (TPSA) is 34.9 Å². The number of halogens is 2. The second-order valence-electron chi connectivity index (χ2n) is 5.71. The van der Waals surface area contributed by atoms with Gasteiger partial charge in [-0.1, -0.05) is 44.5 Å². The number of rotatable bonds is 3. The van der Waals surface area contributed by atoms with Gasteiger partial charge >= 0.3 is 0 Å². The predicted molar refractivity (Wildman–Crippen MR) is 76.8 cm³/mol. The molecule has 2 aromatic rings. The monoisotopic (exact) mass is 294 g/mol. The number of hydrogen-bond donors (Lipinski definition) is 0. The standard InChI is InChI=1S/C15H16ClFN2O/c1-15(2,3)13-12(9-20)14(16)19(18-13)8-10-5-4-6-11(17)7-10/h4-7,9H,8H2,1-3H3. The lowest BCUT2D eigenvalue weighted by Crippen LogP contribution is -2.15. The zero-order valence-electron chi connectivity index (χ0n) is 11.7. The Morgan fingerprint density at radius 3 is 2.60 bits per heavy atom. The minimum absolute atomic E-state index is 0.285. The van der Waals surface area contributed by atoms with Gasteiger partial charge < -0.3 is 0 Å². The average Bonchev–Trinajstić information content (AvgIpc) is 2.66. The second-order valence-corrected chi connectivity index (χ2v) is 6.07. The molecular formula is C15H16ClFN2O. The molecule has 0 aliphatic heterocycles. The summed E-state index contributed by atoms with van der Waals surface area (Å²) in [5.74, 6) is -0.308. The van der Waals surface area contributed by atoms with Crippen LogP contribution in [-0.2, 0) is 12.0 Å². The SMILES string of the molecule is CC(C)(C)c1nn(Cc2cccc(F)c2)c(Cl)c1C=O. The lowest BCUT2D eigenvalue weighted by molar-refractivity contribution is 0.112. The van der Waals surface area contributed by atoms with Gasteiger partial charge in [0, 0.05) is 5.41 Å². The molecule has 5 heteroatoms. The van der Waals surface area contributed by atoms with Crippen LogP contribution in [0.5, 0.6) is 0 Å². The summed E-state index contributed by atoms with van der Waals surface area (Å²) in [6.45, 7) is 6.22. The second kappa shape index (κ2) is 5.37. The molecule has 20 heavy (non-hydrogen) atoms. The van der Waals surface area contributed by atoms with Crippen LogP contribution in [0.1, 0.15) is 42.4 Å². The molecule has 0 saturated carbocycles. The Morgan fingerprint density at radius 2 is 2.10 bits per heavy atom. The Kier molecular flexibility index (Phi) is 3.95. The van der Waals surface area contributed by atoms with Gasteiger partial charge in [-0.05, 0) is 17.7 Å². The maximum atomic E-state index is 13.2. The van der Waals surface area contributed by atoms with Crippen LogP contribution in [0.15, 0.2) is 24.3 Å². The maximum absolute atomic E-state index is 13.2. The summed E-state index contributed by atoms with van der Waals surface area (Å²) in [5, 5.41) is 4.69. The van der Waals surface area contributed by atoms with Gasteiger partial charge in [0.1, 0.15) is 11.0 Å². The molecule has 0 atom stereocenters. The maximum Gasteiger partial charge on any atom is 0.155 e. The molecule has 0 fully saturated rings. The summed E-state index contributed by atoms with van der Waals surface area (Å²) in [5.41, 5.74) is 1.50. The Bertz CT molecular complexity index is 644. The zero-order chi connectivity index (χ0) is 14.9. The van der Waals surface area contributed by atoms with Crippen LogP contribution in [-0.4, -0.2) is 16.1 Å².